The molecule has 0 aliphatic rings. The normalized spacial score (nSPS) is 13.4. The van der Waals surface area contributed by atoms with Crippen molar-refractivity contribution < 1.29 is 24.2 Å². The average Bonchev–Trinajstić information content (AvgIpc) is 3.30. The first kappa shape index (κ1) is 60.0. The minimum atomic E-state index is -0.793. The smallest absolute Gasteiger partial charge is 0.306 e. The number of hydrogen-bond acceptors (Lipinski definition) is 5. The van der Waals surface area contributed by atoms with Crippen LogP contribution in [0.4, 0.5) is 0 Å². The molecule has 1 N–H and O–H groups in total. The molecule has 0 radical (unpaired) electrons. The van der Waals surface area contributed by atoms with Crippen LogP contribution in [0.3, 0.4) is 0 Å². The number of ether oxygens (including phenoxy) is 2. The maximum Gasteiger partial charge on any atom is 0.306 e. The Bertz CT molecular complexity index is 1370. The van der Waals surface area contributed by atoms with Crippen molar-refractivity contribution in [1.82, 2.24) is 0 Å². The van der Waals surface area contributed by atoms with E-state index >= 15 is 0 Å². The molecule has 0 aromatic carbocycles. The molecule has 0 rings (SSSR count). The van der Waals surface area contributed by atoms with Gasteiger partial charge in [0, 0.05) is 12.8 Å². The third-order valence-corrected chi connectivity index (χ3v) is 10.4. The highest BCUT2D eigenvalue weighted by Crippen LogP contribution is 2.13. The lowest BCUT2D eigenvalue weighted by molar-refractivity contribution is -0.161. The van der Waals surface area contributed by atoms with Crippen molar-refractivity contribution in [2.24, 2.45) is 0 Å². The van der Waals surface area contributed by atoms with Crippen molar-refractivity contribution in [2.45, 2.75) is 213 Å². The average molecular weight is 883 g/mol. The molecule has 0 amide bonds. The van der Waals surface area contributed by atoms with Crippen molar-refractivity contribution in [3.8, 4) is 0 Å². The zero-order valence-corrected chi connectivity index (χ0v) is 41.0. The standard InChI is InChI=1S/C59H94O5/c1-3-5-7-9-11-13-15-17-19-21-23-25-26-27-28-29-30-31-32-34-36-38-40-42-44-46-48-50-52-54-59(62)64-57(55-60)56-63-58(61)53-51-49-47-45-43-41-39-37-35-33-24-22-20-18-16-14-12-10-8-6-4-2/h5-8,11-14,17-20,23-25,27-28,30-31,33-34,36,57,60H,3-4,9-10,15-16,21-22,26,29,32,35,37-56H2,1-2H3/b7-5-,8-6-,13-11-,14-12-,19-17-,20-18-,25-23-,28-27-,31-30-,33-24-,36-34-. The molecule has 0 aromatic rings. The van der Waals surface area contributed by atoms with Crippen molar-refractivity contribution in [3.63, 3.8) is 0 Å². The molecular weight excluding hydrogens is 789 g/mol. The molecule has 0 aliphatic carbocycles. The van der Waals surface area contributed by atoms with Crippen LogP contribution in [-0.2, 0) is 19.1 Å². The first-order chi connectivity index (χ1) is 31.6. The van der Waals surface area contributed by atoms with E-state index in [-0.39, 0.29) is 25.2 Å². The van der Waals surface area contributed by atoms with Gasteiger partial charge in [-0.05, 0) is 109 Å². The molecule has 5 nitrogen and oxygen atoms in total. The molecule has 0 fully saturated rings. The van der Waals surface area contributed by atoms with Crippen LogP contribution >= 0.6 is 0 Å². The Morgan fingerprint density at radius 3 is 0.938 bits per heavy atom. The second-order valence-corrected chi connectivity index (χ2v) is 16.5. The molecular formula is C59H94O5. The predicted molar refractivity (Wildman–Crippen MR) is 278 cm³/mol. The van der Waals surface area contributed by atoms with Crippen molar-refractivity contribution in [1.29, 1.82) is 0 Å². The van der Waals surface area contributed by atoms with Crippen LogP contribution in [0.15, 0.2) is 134 Å². The fourth-order valence-corrected chi connectivity index (χ4v) is 6.64. The molecule has 5 heteroatoms. The van der Waals surface area contributed by atoms with Crippen LogP contribution in [0.2, 0.25) is 0 Å². The highest BCUT2D eigenvalue weighted by atomic mass is 16.6. The van der Waals surface area contributed by atoms with Gasteiger partial charge in [0.15, 0.2) is 6.10 Å². The number of unbranched alkanes of at least 4 members (excludes halogenated alkanes) is 15. The van der Waals surface area contributed by atoms with Gasteiger partial charge in [-0.25, -0.2) is 0 Å². The lowest BCUT2D eigenvalue weighted by Crippen LogP contribution is -2.28. The van der Waals surface area contributed by atoms with Gasteiger partial charge in [0.05, 0.1) is 6.61 Å². The van der Waals surface area contributed by atoms with Gasteiger partial charge >= 0.3 is 11.9 Å². The summed E-state index contributed by atoms with van der Waals surface area (Å²) >= 11 is 0. The van der Waals surface area contributed by atoms with E-state index in [0.29, 0.717) is 12.8 Å². The zero-order valence-electron chi connectivity index (χ0n) is 41.0. The number of aliphatic hydroxyl groups is 1. The molecule has 0 spiro atoms. The Morgan fingerprint density at radius 2 is 0.625 bits per heavy atom. The summed E-state index contributed by atoms with van der Waals surface area (Å²) in [5.74, 6) is -0.622. The third-order valence-electron chi connectivity index (χ3n) is 10.4. The van der Waals surface area contributed by atoms with E-state index in [1.54, 1.807) is 0 Å². The van der Waals surface area contributed by atoms with Crippen molar-refractivity contribution in [2.75, 3.05) is 13.2 Å². The summed E-state index contributed by atoms with van der Waals surface area (Å²) in [6.07, 6.45) is 79.6. The molecule has 0 saturated carbocycles. The summed E-state index contributed by atoms with van der Waals surface area (Å²) in [6.45, 7) is 3.89. The largest absolute Gasteiger partial charge is 0.462 e. The minimum Gasteiger partial charge on any atom is -0.462 e. The van der Waals surface area contributed by atoms with Crippen LogP contribution < -0.4 is 0 Å². The topological polar surface area (TPSA) is 72.8 Å². The van der Waals surface area contributed by atoms with Crippen LogP contribution in [0.5, 0.6) is 0 Å². The van der Waals surface area contributed by atoms with Crippen molar-refractivity contribution >= 4 is 11.9 Å². The van der Waals surface area contributed by atoms with Gasteiger partial charge in [-0.1, -0.05) is 218 Å². The number of aliphatic hydroxyl groups excluding tert-OH is 1. The SMILES string of the molecule is CC/C=C\C/C=C\C/C=C\C/C=C\C/C=C\C/C=C\C/C=C\CCCCCCCCCC(=O)OC(CO)COC(=O)CCCCCCCCCC/C=C\C/C=C\C/C=C\C/C=C\CC. The molecule has 0 heterocycles. The summed E-state index contributed by atoms with van der Waals surface area (Å²) in [5, 5.41) is 9.63. The number of hydrogen-bond donors (Lipinski definition) is 1. The Labute approximate surface area is 394 Å². The minimum absolute atomic E-state index is 0.0836. The Kier molecular flexibility index (Phi) is 50.1. The van der Waals surface area contributed by atoms with Crippen LogP contribution in [0.25, 0.3) is 0 Å². The molecule has 0 bridgehead atoms. The van der Waals surface area contributed by atoms with Gasteiger partial charge in [-0.2, -0.15) is 0 Å². The van der Waals surface area contributed by atoms with Gasteiger partial charge < -0.3 is 14.6 Å². The van der Waals surface area contributed by atoms with E-state index in [1.165, 1.54) is 57.8 Å². The van der Waals surface area contributed by atoms with Gasteiger partial charge in [0.25, 0.3) is 0 Å². The van der Waals surface area contributed by atoms with Gasteiger partial charge in [-0.3, -0.25) is 9.59 Å². The van der Waals surface area contributed by atoms with Crippen LogP contribution in [0.1, 0.15) is 206 Å². The molecule has 360 valence electrons. The number of carbonyl (C=O) groups is 2. The number of rotatable bonds is 45. The summed E-state index contributed by atoms with van der Waals surface area (Å²) in [4.78, 5) is 24.5. The van der Waals surface area contributed by atoms with E-state index < -0.39 is 6.10 Å². The van der Waals surface area contributed by atoms with E-state index in [1.807, 2.05) is 0 Å². The molecule has 0 aliphatic heterocycles. The van der Waals surface area contributed by atoms with E-state index in [0.717, 1.165) is 122 Å². The van der Waals surface area contributed by atoms with Crippen molar-refractivity contribution in [3.05, 3.63) is 134 Å². The molecule has 0 aromatic heterocycles. The summed E-state index contributed by atoms with van der Waals surface area (Å²) in [7, 11) is 0. The highest BCUT2D eigenvalue weighted by Gasteiger charge is 2.16. The fraction of sp³-hybridized carbons (Fsp3) is 0.593. The Hall–Kier alpha value is -3.96. The maximum atomic E-state index is 12.3. The number of allylic oxidation sites excluding steroid dienone is 22. The van der Waals surface area contributed by atoms with E-state index in [9.17, 15) is 14.7 Å². The molecule has 0 saturated heterocycles. The maximum absolute atomic E-state index is 12.3. The lowest BCUT2D eigenvalue weighted by Gasteiger charge is -2.15. The van der Waals surface area contributed by atoms with Crippen LogP contribution in [-0.4, -0.2) is 36.4 Å². The quantitative estimate of drug-likeness (QED) is 0.0375. The molecule has 1 unspecified atom stereocenters. The fourth-order valence-electron chi connectivity index (χ4n) is 6.64. The number of esters is 2. The van der Waals surface area contributed by atoms with E-state index in [4.69, 9.17) is 9.47 Å². The van der Waals surface area contributed by atoms with E-state index in [2.05, 4.69) is 148 Å². The number of carbonyl (C=O) groups excluding carboxylic acids is 2. The first-order valence-corrected chi connectivity index (χ1v) is 25.7. The van der Waals surface area contributed by atoms with Gasteiger partial charge in [0.2, 0.25) is 0 Å². The summed E-state index contributed by atoms with van der Waals surface area (Å²) in [5.41, 5.74) is 0. The van der Waals surface area contributed by atoms with Gasteiger partial charge in [0.1, 0.15) is 6.61 Å². The zero-order chi connectivity index (χ0) is 46.3. The second kappa shape index (κ2) is 53.4. The summed E-state index contributed by atoms with van der Waals surface area (Å²) < 4.78 is 10.7. The second-order valence-electron chi connectivity index (χ2n) is 16.5. The molecule has 64 heavy (non-hydrogen) atoms. The Morgan fingerprint density at radius 1 is 0.359 bits per heavy atom. The predicted octanol–water partition coefficient (Wildman–Crippen LogP) is 17.3. The third kappa shape index (κ3) is 50.7. The lowest BCUT2D eigenvalue weighted by atomic mass is 10.1. The molecule has 1 atom stereocenters. The highest BCUT2D eigenvalue weighted by molar-refractivity contribution is 5.70. The van der Waals surface area contributed by atoms with Crippen LogP contribution in [0, 0.1) is 0 Å². The first-order valence-electron chi connectivity index (χ1n) is 25.7. The monoisotopic (exact) mass is 883 g/mol. The van der Waals surface area contributed by atoms with Gasteiger partial charge in [-0.15, -0.1) is 0 Å². The Balaban J connectivity index is 3.62. The summed E-state index contributed by atoms with van der Waals surface area (Å²) in [6, 6.07) is 0.